The molecule has 0 saturated carbocycles. The van der Waals surface area contributed by atoms with Crippen molar-refractivity contribution in [3.63, 3.8) is 0 Å². The molecule has 328 valence electrons. The van der Waals surface area contributed by atoms with Gasteiger partial charge in [-0.1, -0.05) is 72.5 Å². The Morgan fingerprint density at radius 3 is 2.73 bits per heavy atom. The van der Waals surface area contributed by atoms with Crippen molar-refractivity contribution >= 4 is 22.7 Å². The predicted octanol–water partition coefficient (Wildman–Crippen LogP) is 8.65. The van der Waals surface area contributed by atoms with E-state index in [1.807, 2.05) is 30.4 Å². The molecule has 1 fully saturated rings. The third-order valence-corrected chi connectivity index (χ3v) is 15.1. The number of aromatic hydroxyl groups is 2. The number of nitrogens with two attached hydrogens (primary N) is 1. The molecular weight excluding hydrogens is 799 g/mol. The van der Waals surface area contributed by atoms with E-state index in [1.165, 1.54) is 22.3 Å². The number of hydrogen-bond donors (Lipinski definition) is 5. The lowest BCUT2D eigenvalue weighted by Gasteiger charge is -2.49. The Balaban J connectivity index is 1.07. The molecule has 0 spiro atoms. The number of rotatable bonds is 4. The molecule has 2 aliphatic carbocycles. The summed E-state index contributed by atoms with van der Waals surface area (Å²) in [6.45, 7) is 1.95. The fourth-order valence-electron chi connectivity index (χ4n) is 11.6. The zero-order chi connectivity index (χ0) is 43.4. The van der Waals surface area contributed by atoms with Crippen LogP contribution in [0.4, 0.5) is 0 Å². The second-order valence-electron chi connectivity index (χ2n) is 18.9. The van der Waals surface area contributed by atoms with E-state index in [4.69, 9.17) is 19.9 Å². The van der Waals surface area contributed by atoms with Crippen molar-refractivity contribution in [1.29, 1.82) is 0 Å². The fourth-order valence-corrected chi connectivity index (χ4v) is 11.6. The Morgan fingerprint density at radius 1 is 0.938 bits per heavy atom. The number of fused-ring (bicyclic) bond motifs is 5. The van der Waals surface area contributed by atoms with E-state index in [2.05, 4.69) is 76.6 Å². The smallest absolute Gasteiger partial charge is 0.168 e. The van der Waals surface area contributed by atoms with Gasteiger partial charge in [0.15, 0.2) is 11.5 Å². The van der Waals surface area contributed by atoms with Crippen LogP contribution in [0, 0.1) is 29.6 Å². The van der Waals surface area contributed by atoms with Crippen molar-refractivity contribution in [2.24, 2.45) is 23.5 Å². The molecule has 7 aliphatic rings. The minimum absolute atomic E-state index is 0.0991. The van der Waals surface area contributed by atoms with Crippen LogP contribution in [-0.4, -0.2) is 58.1 Å². The van der Waals surface area contributed by atoms with Gasteiger partial charge in [-0.2, -0.15) is 0 Å². The molecule has 1 aromatic heterocycles. The van der Waals surface area contributed by atoms with Gasteiger partial charge in [-0.25, -0.2) is 0 Å². The summed E-state index contributed by atoms with van der Waals surface area (Å²) in [5.74, 6) is 9.29. The van der Waals surface area contributed by atoms with E-state index < -0.39 is 12.3 Å². The maximum atomic E-state index is 11.9. The highest BCUT2D eigenvalue weighted by molar-refractivity contribution is 5.89. The minimum atomic E-state index is -0.638. The first-order chi connectivity index (χ1) is 31.3. The summed E-state index contributed by atoms with van der Waals surface area (Å²) in [6.07, 6.45) is 17.6. The van der Waals surface area contributed by atoms with Gasteiger partial charge in [0.25, 0.3) is 0 Å². The van der Waals surface area contributed by atoms with E-state index in [0.29, 0.717) is 37.7 Å². The van der Waals surface area contributed by atoms with Gasteiger partial charge in [0, 0.05) is 70.2 Å². The van der Waals surface area contributed by atoms with Crippen LogP contribution in [0.1, 0.15) is 83.9 Å². The van der Waals surface area contributed by atoms with Crippen LogP contribution < -0.4 is 15.8 Å². The van der Waals surface area contributed by atoms with E-state index in [0.717, 1.165) is 102 Å². The first-order valence-electron chi connectivity index (χ1n) is 23.3. The Bertz CT molecular complexity index is 2760. The number of phenolic OH excluding ortho intramolecular Hbond substituents is 2. The monoisotopic (exact) mass is 855 g/mol. The van der Waals surface area contributed by atoms with Crippen molar-refractivity contribution in [2.45, 2.75) is 94.6 Å². The van der Waals surface area contributed by atoms with Crippen LogP contribution >= 0.6 is 0 Å². The summed E-state index contributed by atoms with van der Waals surface area (Å²) in [5.41, 5.74) is 16.5. The van der Waals surface area contributed by atoms with Crippen LogP contribution in [-0.2, 0) is 40.8 Å². The van der Waals surface area contributed by atoms with Crippen molar-refractivity contribution in [2.75, 3.05) is 19.8 Å². The van der Waals surface area contributed by atoms with Gasteiger partial charge in [0.2, 0.25) is 0 Å². The molecule has 12 rings (SSSR count). The zero-order valence-corrected chi connectivity index (χ0v) is 36.3. The topological polar surface area (TPSA) is 131 Å². The van der Waals surface area contributed by atoms with Gasteiger partial charge < -0.3 is 45.1 Å². The summed E-state index contributed by atoms with van der Waals surface area (Å²) >= 11 is 0. The van der Waals surface area contributed by atoms with Crippen molar-refractivity contribution in [1.82, 2.24) is 9.88 Å². The molecule has 8 bridgehead atoms. The second-order valence-corrected chi connectivity index (χ2v) is 18.9. The van der Waals surface area contributed by atoms with Crippen LogP contribution in [0.25, 0.3) is 22.7 Å². The van der Waals surface area contributed by atoms with E-state index in [9.17, 15) is 15.3 Å². The first-order valence-corrected chi connectivity index (χ1v) is 23.3. The molecule has 9 heteroatoms. The average Bonchev–Trinajstić information content (AvgIpc) is 3.74. The van der Waals surface area contributed by atoms with E-state index in [-0.39, 0.29) is 41.5 Å². The molecule has 0 amide bonds. The number of hydrogen-bond acceptors (Lipinski definition) is 8. The Morgan fingerprint density at radius 2 is 1.83 bits per heavy atom. The number of phenols is 2. The van der Waals surface area contributed by atoms with Gasteiger partial charge in [-0.15, -0.1) is 0 Å². The van der Waals surface area contributed by atoms with Crippen LogP contribution in [0.2, 0.25) is 0 Å². The molecule has 5 aliphatic heterocycles. The number of aliphatic hydroxyl groups is 1. The molecule has 4 aromatic carbocycles. The lowest BCUT2D eigenvalue weighted by Crippen LogP contribution is -2.47. The molecule has 5 aromatic rings. The highest BCUT2D eigenvalue weighted by Gasteiger charge is 2.47. The van der Waals surface area contributed by atoms with Gasteiger partial charge in [0.05, 0.1) is 31.6 Å². The third kappa shape index (κ3) is 7.60. The molecule has 9 nitrogen and oxygen atoms in total. The lowest BCUT2D eigenvalue weighted by atomic mass is 9.57. The van der Waals surface area contributed by atoms with E-state index in [1.54, 1.807) is 18.2 Å². The number of dihydropyridines is 1. The summed E-state index contributed by atoms with van der Waals surface area (Å²) < 4.78 is 22.1. The summed E-state index contributed by atoms with van der Waals surface area (Å²) in [5, 5.41) is 38.9. The van der Waals surface area contributed by atoms with Crippen molar-refractivity contribution < 1.29 is 29.5 Å². The molecule has 6 heterocycles. The number of nitrogens with zero attached hydrogens (tertiary/aromatic N) is 1. The number of aliphatic hydroxyl groups excluding tert-OH is 1. The molecule has 64 heavy (non-hydrogen) atoms. The minimum Gasteiger partial charge on any atom is -0.508 e. The summed E-state index contributed by atoms with van der Waals surface area (Å²) in [6, 6.07) is 24.9. The molecule has 1 saturated heterocycles. The Kier molecular flexibility index (Phi) is 10.9. The van der Waals surface area contributed by atoms with Crippen LogP contribution in [0.5, 0.6) is 17.2 Å². The predicted molar refractivity (Wildman–Crippen MR) is 249 cm³/mol. The number of aromatic nitrogens is 1. The van der Waals surface area contributed by atoms with Crippen LogP contribution in [0.3, 0.4) is 0 Å². The van der Waals surface area contributed by atoms with Gasteiger partial charge >= 0.3 is 0 Å². The standard InChI is InChI=1S/C55H57N3O6/c56-52-27-38-13-10-34(8-9-35-11-18-44(59)19-12-35)4-3-6-45-28-51(61)39-15-20-46-37(24-39)16-21-50(60)53(46)64-31-41-26-43(25-40-29-58(30-47(40)41)54(57-52)48(38)33-63-45)55-22-23-62-32-42(55)17-14-36-5-1-2-7-49(36)55/h1-2,5,7,11-12,15-16,18-21,25-27,29-30,34,39,42,45,51-52,57,59-61H,3-4,6,8-9,14,17,22-24,28,31-33,56H2/t34-,39-,42-,45+,51+,52?,55-/m1/s1. The zero-order valence-electron chi connectivity index (χ0n) is 36.3. The number of ether oxygens (including phenoxy) is 3. The van der Waals surface area contributed by atoms with E-state index >= 15 is 0 Å². The van der Waals surface area contributed by atoms with Crippen molar-refractivity contribution in [3.05, 3.63) is 147 Å². The van der Waals surface area contributed by atoms with Gasteiger partial charge in [-0.05, 0) is 127 Å². The SMILES string of the molecule is NC1C=C2C#C[C@@H](CCc3ccc(O)cc3)CCC[C@H]3C[C@H](O)[C@@H]4C=Cc5c(ccc(O)c5OCc5cc([C@@]67CCOC[C@H]6CCc6ccccc67)cc6cn(cc56)C(=C2CO3)N1)C4. The summed E-state index contributed by atoms with van der Waals surface area (Å²) in [4.78, 5) is 0. The molecule has 6 N–H and O–H groups in total. The highest BCUT2D eigenvalue weighted by atomic mass is 16.5. The highest BCUT2D eigenvalue weighted by Crippen LogP contribution is 2.52. The quantitative estimate of drug-likeness (QED) is 0.114. The normalized spacial score (nSPS) is 27.5. The lowest BCUT2D eigenvalue weighted by molar-refractivity contribution is 0.00497. The molecule has 7 atom stereocenters. The fraction of sp³-hybridized carbons (Fsp3) is 0.382. The molecule has 1 unspecified atom stereocenters. The average molecular weight is 856 g/mol. The number of aryl methyl sites for hydroxylation is 2. The molecular formula is C55H57N3O6. The van der Waals surface area contributed by atoms with Gasteiger partial charge in [0.1, 0.15) is 18.2 Å². The van der Waals surface area contributed by atoms with Crippen molar-refractivity contribution in [3.8, 4) is 29.1 Å². The maximum absolute atomic E-state index is 11.9. The Labute approximate surface area is 375 Å². The maximum Gasteiger partial charge on any atom is 0.168 e. The second kappa shape index (κ2) is 17.0. The first kappa shape index (κ1) is 41.0. The van der Waals surface area contributed by atoms with Crippen LogP contribution in [0.15, 0.2) is 108 Å². The van der Waals surface area contributed by atoms with Gasteiger partial charge in [-0.3, -0.25) is 0 Å². The number of benzene rings is 4. The Hall–Kier alpha value is -5.76. The third-order valence-electron chi connectivity index (χ3n) is 15.1. The largest absolute Gasteiger partial charge is 0.508 e. The molecule has 0 radical (unpaired) electrons. The number of nitrogens with one attached hydrogen (secondary N) is 1. The summed E-state index contributed by atoms with van der Waals surface area (Å²) in [7, 11) is 0.